The van der Waals surface area contributed by atoms with Gasteiger partial charge in [0.05, 0.1) is 12.2 Å². The first-order valence-electron chi connectivity index (χ1n) is 9.21. The van der Waals surface area contributed by atoms with Crippen molar-refractivity contribution < 1.29 is 4.79 Å². The number of nitrogens with one attached hydrogen (secondary N) is 1. The van der Waals surface area contributed by atoms with Crippen LogP contribution in [0.1, 0.15) is 85.0 Å². The summed E-state index contributed by atoms with van der Waals surface area (Å²) >= 11 is 0. The van der Waals surface area contributed by atoms with Crippen LogP contribution in [-0.4, -0.2) is 29.1 Å². The van der Waals surface area contributed by atoms with Crippen LogP contribution in [0.5, 0.6) is 0 Å². The minimum atomic E-state index is 0.0620. The molecule has 0 aromatic rings. The monoisotopic (exact) mass is 294 g/mol. The number of carbonyl (C=O) groups excluding carboxylic acids is 1. The molecule has 0 aromatic heterocycles. The lowest BCUT2D eigenvalue weighted by Crippen LogP contribution is -2.44. The second-order valence-corrected chi connectivity index (χ2v) is 7.40. The van der Waals surface area contributed by atoms with Gasteiger partial charge in [-0.3, -0.25) is 10.1 Å². The fourth-order valence-electron chi connectivity index (χ4n) is 4.00. The molecule has 1 amide bonds. The topological polar surface area (TPSA) is 32.3 Å². The van der Waals surface area contributed by atoms with E-state index in [1.54, 1.807) is 0 Å². The molecule has 3 heteroatoms. The molecule has 0 bridgehead atoms. The molecule has 1 aliphatic heterocycles. The summed E-state index contributed by atoms with van der Waals surface area (Å²) < 4.78 is 0. The van der Waals surface area contributed by atoms with Crippen molar-refractivity contribution in [2.24, 2.45) is 5.92 Å². The van der Waals surface area contributed by atoms with Gasteiger partial charge in [0.1, 0.15) is 0 Å². The SMILES string of the molecule is CCCC1NC(CC(C)C)C(=O)N1C1CCCCCCC1. The van der Waals surface area contributed by atoms with E-state index in [9.17, 15) is 4.79 Å². The van der Waals surface area contributed by atoms with Crippen LogP contribution < -0.4 is 5.32 Å². The summed E-state index contributed by atoms with van der Waals surface area (Å²) in [4.78, 5) is 15.1. The zero-order chi connectivity index (χ0) is 15.2. The van der Waals surface area contributed by atoms with Crippen molar-refractivity contribution in [2.75, 3.05) is 0 Å². The van der Waals surface area contributed by atoms with E-state index in [0.29, 0.717) is 17.9 Å². The van der Waals surface area contributed by atoms with Crippen LogP contribution in [0.25, 0.3) is 0 Å². The van der Waals surface area contributed by atoms with Crippen LogP contribution in [0.3, 0.4) is 0 Å². The number of nitrogens with zero attached hydrogens (tertiary/aromatic N) is 1. The maximum absolute atomic E-state index is 12.9. The highest BCUT2D eigenvalue weighted by Crippen LogP contribution is 2.28. The van der Waals surface area contributed by atoms with Crippen LogP contribution in [-0.2, 0) is 4.79 Å². The van der Waals surface area contributed by atoms with Crippen molar-refractivity contribution in [2.45, 2.75) is 103 Å². The van der Waals surface area contributed by atoms with Crippen molar-refractivity contribution in [1.29, 1.82) is 0 Å². The first kappa shape index (κ1) is 16.8. The molecule has 122 valence electrons. The van der Waals surface area contributed by atoms with Crippen LogP contribution >= 0.6 is 0 Å². The van der Waals surface area contributed by atoms with Crippen LogP contribution in [0.2, 0.25) is 0 Å². The average Bonchev–Trinajstić information content (AvgIpc) is 2.66. The number of carbonyl (C=O) groups is 1. The Morgan fingerprint density at radius 2 is 1.76 bits per heavy atom. The highest BCUT2D eigenvalue weighted by atomic mass is 16.2. The lowest BCUT2D eigenvalue weighted by molar-refractivity contribution is -0.133. The van der Waals surface area contributed by atoms with E-state index in [4.69, 9.17) is 0 Å². The molecular formula is C18H34N2O. The molecule has 1 aliphatic carbocycles. The smallest absolute Gasteiger partial charge is 0.241 e. The quantitative estimate of drug-likeness (QED) is 0.829. The van der Waals surface area contributed by atoms with E-state index in [1.807, 2.05) is 0 Å². The molecular weight excluding hydrogens is 260 g/mol. The summed E-state index contributed by atoms with van der Waals surface area (Å²) in [6, 6.07) is 0.547. The molecule has 0 spiro atoms. The van der Waals surface area contributed by atoms with Crippen molar-refractivity contribution in [3.05, 3.63) is 0 Å². The zero-order valence-corrected chi connectivity index (χ0v) is 14.2. The van der Waals surface area contributed by atoms with Gasteiger partial charge >= 0.3 is 0 Å². The molecule has 3 nitrogen and oxygen atoms in total. The normalized spacial score (nSPS) is 29.0. The fraction of sp³-hybridized carbons (Fsp3) is 0.944. The number of hydrogen-bond donors (Lipinski definition) is 1. The van der Waals surface area contributed by atoms with E-state index < -0.39 is 0 Å². The molecule has 0 aromatic carbocycles. The summed E-state index contributed by atoms with van der Waals surface area (Å²) in [5.41, 5.74) is 0. The Bertz CT molecular complexity index is 321. The van der Waals surface area contributed by atoms with Gasteiger partial charge < -0.3 is 4.90 Å². The molecule has 1 saturated carbocycles. The molecule has 2 aliphatic rings. The average molecular weight is 294 g/mol. The predicted octanol–water partition coefficient (Wildman–Crippen LogP) is 4.07. The summed E-state index contributed by atoms with van der Waals surface area (Å²) in [5, 5.41) is 3.63. The van der Waals surface area contributed by atoms with Crippen molar-refractivity contribution in [3.8, 4) is 0 Å². The number of hydrogen-bond acceptors (Lipinski definition) is 2. The Morgan fingerprint density at radius 3 is 2.33 bits per heavy atom. The first-order chi connectivity index (χ1) is 10.1. The lowest BCUT2D eigenvalue weighted by atomic mass is 9.94. The second-order valence-electron chi connectivity index (χ2n) is 7.40. The Morgan fingerprint density at radius 1 is 1.14 bits per heavy atom. The Kier molecular flexibility index (Phi) is 6.53. The summed E-state index contributed by atoms with van der Waals surface area (Å²) in [6.45, 7) is 6.64. The zero-order valence-electron chi connectivity index (χ0n) is 14.2. The van der Waals surface area contributed by atoms with Gasteiger partial charge in [-0.05, 0) is 31.6 Å². The van der Waals surface area contributed by atoms with Gasteiger partial charge in [-0.2, -0.15) is 0 Å². The van der Waals surface area contributed by atoms with Gasteiger partial charge in [0.15, 0.2) is 0 Å². The van der Waals surface area contributed by atoms with Gasteiger partial charge in [0.25, 0.3) is 0 Å². The molecule has 2 atom stereocenters. The molecule has 2 unspecified atom stereocenters. The molecule has 1 N–H and O–H groups in total. The standard InChI is InChI=1S/C18H34N2O/c1-4-10-17-19-16(13-14(2)3)18(21)20(17)15-11-8-6-5-7-9-12-15/h14-17,19H,4-13H2,1-3H3. The van der Waals surface area contributed by atoms with Gasteiger partial charge in [-0.15, -0.1) is 0 Å². The third-order valence-corrected chi connectivity index (χ3v) is 5.02. The first-order valence-corrected chi connectivity index (χ1v) is 9.21. The summed E-state index contributed by atoms with van der Waals surface area (Å²) in [7, 11) is 0. The van der Waals surface area contributed by atoms with E-state index in [2.05, 4.69) is 31.0 Å². The van der Waals surface area contributed by atoms with Crippen molar-refractivity contribution >= 4 is 5.91 Å². The molecule has 1 saturated heterocycles. The second kappa shape index (κ2) is 8.17. The van der Waals surface area contributed by atoms with E-state index in [0.717, 1.165) is 19.3 Å². The largest absolute Gasteiger partial charge is 0.323 e. The maximum Gasteiger partial charge on any atom is 0.241 e. The van der Waals surface area contributed by atoms with Gasteiger partial charge in [0, 0.05) is 6.04 Å². The Labute approximate surface area is 130 Å². The number of amides is 1. The van der Waals surface area contributed by atoms with Crippen molar-refractivity contribution in [1.82, 2.24) is 10.2 Å². The van der Waals surface area contributed by atoms with Gasteiger partial charge in [0.2, 0.25) is 5.91 Å². The molecule has 2 rings (SSSR count). The third-order valence-electron chi connectivity index (χ3n) is 5.02. The van der Waals surface area contributed by atoms with E-state index in [1.165, 1.54) is 44.9 Å². The fourth-order valence-corrected chi connectivity index (χ4v) is 4.00. The number of rotatable bonds is 5. The van der Waals surface area contributed by atoms with Crippen LogP contribution in [0.4, 0.5) is 0 Å². The maximum atomic E-state index is 12.9. The molecule has 2 fully saturated rings. The lowest BCUT2D eigenvalue weighted by Gasteiger charge is -2.34. The highest BCUT2D eigenvalue weighted by molar-refractivity contribution is 5.84. The van der Waals surface area contributed by atoms with Crippen molar-refractivity contribution in [3.63, 3.8) is 0 Å². The van der Waals surface area contributed by atoms with Gasteiger partial charge in [-0.1, -0.05) is 59.3 Å². The Balaban J connectivity index is 2.06. The van der Waals surface area contributed by atoms with Crippen LogP contribution in [0, 0.1) is 5.92 Å². The van der Waals surface area contributed by atoms with Gasteiger partial charge in [-0.25, -0.2) is 0 Å². The summed E-state index contributed by atoms with van der Waals surface area (Å²) in [5.74, 6) is 0.957. The minimum absolute atomic E-state index is 0.0620. The Hall–Kier alpha value is -0.570. The molecule has 0 radical (unpaired) electrons. The van der Waals surface area contributed by atoms with Crippen LogP contribution in [0.15, 0.2) is 0 Å². The predicted molar refractivity (Wildman–Crippen MR) is 88.0 cm³/mol. The third kappa shape index (κ3) is 4.45. The van der Waals surface area contributed by atoms with E-state index >= 15 is 0 Å². The minimum Gasteiger partial charge on any atom is -0.323 e. The van der Waals surface area contributed by atoms with E-state index in [-0.39, 0.29) is 12.2 Å². The summed E-state index contributed by atoms with van der Waals surface area (Å²) in [6.07, 6.45) is 12.6. The molecule has 21 heavy (non-hydrogen) atoms. The molecule has 1 heterocycles. The highest BCUT2D eigenvalue weighted by Gasteiger charge is 2.41.